The Morgan fingerprint density at radius 3 is 2.50 bits per heavy atom. The third-order valence-electron chi connectivity index (χ3n) is 5.18. The van der Waals surface area contributed by atoms with Gasteiger partial charge in [0.05, 0.1) is 5.60 Å². The fourth-order valence-electron chi connectivity index (χ4n) is 3.95. The minimum absolute atomic E-state index is 0.390. The van der Waals surface area contributed by atoms with Gasteiger partial charge in [-0.25, -0.2) is 0 Å². The average molecular weight is 222 g/mol. The van der Waals surface area contributed by atoms with Gasteiger partial charge in [-0.05, 0) is 64.2 Å². The van der Waals surface area contributed by atoms with Gasteiger partial charge in [0.25, 0.3) is 0 Å². The van der Waals surface area contributed by atoms with Crippen molar-refractivity contribution in [1.82, 2.24) is 0 Å². The Kier molecular flexibility index (Phi) is 2.94. The smallest absolute Gasteiger partial charge is 0.0656 e. The summed E-state index contributed by atoms with van der Waals surface area (Å²) in [5.41, 5.74) is 3.03. The van der Waals surface area contributed by atoms with Crippen LogP contribution >= 0.6 is 0 Å². The first-order valence-corrected chi connectivity index (χ1v) is 6.73. The summed E-state index contributed by atoms with van der Waals surface area (Å²) in [4.78, 5) is 0. The van der Waals surface area contributed by atoms with Gasteiger partial charge in [0.15, 0.2) is 0 Å². The number of hydrogen-bond donors (Lipinski definition) is 1. The minimum Gasteiger partial charge on any atom is -0.390 e. The van der Waals surface area contributed by atoms with E-state index in [1.807, 2.05) is 0 Å². The van der Waals surface area contributed by atoms with Crippen molar-refractivity contribution in [3.05, 3.63) is 11.1 Å². The summed E-state index contributed by atoms with van der Waals surface area (Å²) in [6.45, 7) is 8.89. The summed E-state index contributed by atoms with van der Waals surface area (Å²) in [6.07, 6.45) is 7.16. The molecule has 0 unspecified atom stereocenters. The van der Waals surface area contributed by atoms with E-state index in [2.05, 4.69) is 27.7 Å². The number of aliphatic hydroxyl groups is 1. The Bertz CT molecular complexity index is 309. The molecular formula is C15H26O. The van der Waals surface area contributed by atoms with Crippen LogP contribution in [0, 0.1) is 11.3 Å². The van der Waals surface area contributed by atoms with Crippen LogP contribution in [0.1, 0.15) is 66.2 Å². The van der Waals surface area contributed by atoms with Gasteiger partial charge in [0, 0.05) is 0 Å². The van der Waals surface area contributed by atoms with Crippen molar-refractivity contribution in [2.24, 2.45) is 11.3 Å². The summed E-state index contributed by atoms with van der Waals surface area (Å²) in [7, 11) is 0. The summed E-state index contributed by atoms with van der Waals surface area (Å²) in [5, 5.41) is 10.6. The van der Waals surface area contributed by atoms with Crippen molar-refractivity contribution in [3.63, 3.8) is 0 Å². The van der Waals surface area contributed by atoms with E-state index >= 15 is 0 Å². The van der Waals surface area contributed by atoms with Crippen LogP contribution in [0.3, 0.4) is 0 Å². The molecule has 0 radical (unpaired) electrons. The van der Waals surface area contributed by atoms with Crippen molar-refractivity contribution in [3.8, 4) is 0 Å². The normalized spacial score (nSPS) is 44.1. The third kappa shape index (κ3) is 1.95. The maximum absolute atomic E-state index is 10.6. The molecule has 3 atom stereocenters. The van der Waals surface area contributed by atoms with Crippen LogP contribution in [0.15, 0.2) is 11.1 Å². The average Bonchev–Trinajstić information content (AvgIpc) is 2.15. The van der Waals surface area contributed by atoms with Crippen LogP contribution in [-0.2, 0) is 0 Å². The van der Waals surface area contributed by atoms with Crippen LogP contribution in [0.25, 0.3) is 0 Å². The Hall–Kier alpha value is -0.300. The minimum atomic E-state index is -0.436. The van der Waals surface area contributed by atoms with E-state index in [4.69, 9.17) is 0 Å². The Morgan fingerprint density at radius 2 is 1.88 bits per heavy atom. The highest BCUT2D eigenvalue weighted by molar-refractivity contribution is 5.18. The van der Waals surface area contributed by atoms with Crippen LogP contribution in [0.5, 0.6) is 0 Å². The van der Waals surface area contributed by atoms with Crippen LogP contribution in [-0.4, -0.2) is 10.7 Å². The van der Waals surface area contributed by atoms with Crippen molar-refractivity contribution in [2.75, 3.05) is 0 Å². The van der Waals surface area contributed by atoms with Gasteiger partial charge in [0.2, 0.25) is 0 Å². The maximum Gasteiger partial charge on any atom is 0.0656 e. The number of allylic oxidation sites excluding steroid dienone is 2. The number of hydrogen-bond acceptors (Lipinski definition) is 1. The monoisotopic (exact) mass is 222 g/mol. The predicted octanol–water partition coefficient (Wildman–Crippen LogP) is 4.06. The molecule has 0 aromatic heterocycles. The number of fused-ring (bicyclic) bond motifs is 1. The molecule has 16 heavy (non-hydrogen) atoms. The summed E-state index contributed by atoms with van der Waals surface area (Å²) in [6, 6.07) is 0. The third-order valence-corrected chi connectivity index (χ3v) is 5.18. The predicted molar refractivity (Wildman–Crippen MR) is 68.3 cm³/mol. The van der Waals surface area contributed by atoms with Gasteiger partial charge < -0.3 is 5.11 Å². The van der Waals surface area contributed by atoms with Gasteiger partial charge in [0.1, 0.15) is 0 Å². The molecule has 0 aliphatic heterocycles. The molecule has 0 heterocycles. The number of rotatable bonds is 0. The highest BCUT2D eigenvalue weighted by Gasteiger charge is 2.49. The van der Waals surface area contributed by atoms with E-state index in [0.717, 1.165) is 12.8 Å². The van der Waals surface area contributed by atoms with E-state index in [1.54, 1.807) is 5.57 Å². The Balaban J connectivity index is 2.28. The van der Waals surface area contributed by atoms with Crippen LogP contribution in [0.2, 0.25) is 0 Å². The van der Waals surface area contributed by atoms with E-state index < -0.39 is 5.60 Å². The largest absolute Gasteiger partial charge is 0.390 e. The molecule has 0 aromatic rings. The van der Waals surface area contributed by atoms with Crippen molar-refractivity contribution in [2.45, 2.75) is 71.8 Å². The Labute approximate surface area is 99.9 Å². The second-order valence-electron chi connectivity index (χ2n) is 6.73. The zero-order chi connectivity index (χ0) is 12.0. The van der Waals surface area contributed by atoms with Gasteiger partial charge in [-0.15, -0.1) is 0 Å². The first-order chi connectivity index (χ1) is 7.35. The molecule has 0 bridgehead atoms. The second-order valence-corrected chi connectivity index (χ2v) is 6.73. The van der Waals surface area contributed by atoms with E-state index in [9.17, 15) is 5.11 Å². The molecule has 0 amide bonds. The molecule has 2 rings (SSSR count). The molecule has 2 fully saturated rings. The van der Waals surface area contributed by atoms with Crippen molar-refractivity contribution >= 4 is 0 Å². The first-order valence-electron chi connectivity index (χ1n) is 6.73. The molecule has 0 saturated heterocycles. The Morgan fingerprint density at radius 1 is 1.19 bits per heavy atom. The fraction of sp³-hybridized carbons (Fsp3) is 0.867. The van der Waals surface area contributed by atoms with Gasteiger partial charge >= 0.3 is 0 Å². The summed E-state index contributed by atoms with van der Waals surface area (Å²) < 4.78 is 0. The molecule has 0 aromatic carbocycles. The zero-order valence-electron chi connectivity index (χ0n) is 11.3. The highest BCUT2D eigenvalue weighted by Crippen LogP contribution is 2.55. The SMILES string of the molecule is CC(C)=C1CC[C@@]2(C)CCC[C@@](C)(O)[C@H]2C1. The topological polar surface area (TPSA) is 20.2 Å². The quantitative estimate of drug-likeness (QED) is 0.613. The molecule has 1 heteroatoms. The maximum atomic E-state index is 10.6. The van der Waals surface area contributed by atoms with Crippen molar-refractivity contribution < 1.29 is 5.11 Å². The lowest BCUT2D eigenvalue weighted by Crippen LogP contribution is -2.50. The van der Waals surface area contributed by atoms with E-state index in [0.29, 0.717) is 11.3 Å². The molecular weight excluding hydrogens is 196 g/mol. The van der Waals surface area contributed by atoms with E-state index in [-0.39, 0.29) is 0 Å². The molecule has 2 aliphatic carbocycles. The van der Waals surface area contributed by atoms with Gasteiger partial charge in [-0.2, -0.15) is 0 Å². The van der Waals surface area contributed by atoms with Crippen LogP contribution in [0.4, 0.5) is 0 Å². The lowest BCUT2D eigenvalue weighted by Gasteiger charge is -2.53. The molecule has 2 aliphatic rings. The summed E-state index contributed by atoms with van der Waals surface area (Å²) >= 11 is 0. The fourth-order valence-corrected chi connectivity index (χ4v) is 3.95. The van der Waals surface area contributed by atoms with Crippen molar-refractivity contribution in [1.29, 1.82) is 0 Å². The zero-order valence-corrected chi connectivity index (χ0v) is 11.3. The molecule has 1 N–H and O–H groups in total. The van der Waals surface area contributed by atoms with Crippen LogP contribution < -0.4 is 0 Å². The lowest BCUT2D eigenvalue weighted by atomic mass is 9.54. The van der Waals surface area contributed by atoms with Gasteiger partial charge in [-0.3, -0.25) is 0 Å². The molecule has 92 valence electrons. The standard InChI is InChI=1S/C15H26O/c1-11(2)12-6-9-14(3)7-5-8-15(4,16)13(14)10-12/h13,16H,5-10H2,1-4H3/t13-,14+,15+/m0/s1. The molecule has 0 spiro atoms. The second kappa shape index (κ2) is 3.87. The summed E-state index contributed by atoms with van der Waals surface area (Å²) in [5.74, 6) is 0.479. The van der Waals surface area contributed by atoms with Gasteiger partial charge in [-0.1, -0.05) is 24.5 Å². The molecule has 2 saturated carbocycles. The highest BCUT2D eigenvalue weighted by atomic mass is 16.3. The molecule has 1 nitrogen and oxygen atoms in total. The lowest BCUT2D eigenvalue weighted by molar-refractivity contribution is -0.105. The van der Waals surface area contributed by atoms with E-state index in [1.165, 1.54) is 31.3 Å². The first kappa shape index (κ1) is 12.2.